The third kappa shape index (κ3) is 2.62. The predicted octanol–water partition coefficient (Wildman–Crippen LogP) is 1.63. The quantitative estimate of drug-likeness (QED) is 0.671. The first-order valence-electron chi connectivity index (χ1n) is 7.43. The van der Waals surface area contributed by atoms with Crippen LogP contribution in [0.2, 0.25) is 0 Å². The average molecular weight is 325 g/mol. The summed E-state index contributed by atoms with van der Waals surface area (Å²) in [5.74, 6) is 0. The Morgan fingerprint density at radius 1 is 1.14 bits per heavy atom. The van der Waals surface area contributed by atoms with Gasteiger partial charge in [0, 0.05) is 30.3 Å². The van der Waals surface area contributed by atoms with Gasteiger partial charge in [0.25, 0.3) is 5.69 Å². The summed E-state index contributed by atoms with van der Waals surface area (Å²) in [6, 6.07) is 5.05. The third-order valence-electron chi connectivity index (χ3n) is 4.57. The number of nitro benzene ring substituents is 1. The Hall–Kier alpha value is -1.51. The number of hydrogen-bond donors (Lipinski definition) is 1. The Morgan fingerprint density at radius 2 is 1.68 bits per heavy atom. The van der Waals surface area contributed by atoms with Crippen molar-refractivity contribution < 1.29 is 13.3 Å². The number of piperidine rings is 2. The molecular weight excluding hydrogens is 306 g/mol. The van der Waals surface area contributed by atoms with Crippen LogP contribution in [-0.2, 0) is 10.0 Å². The van der Waals surface area contributed by atoms with E-state index < -0.39 is 14.9 Å². The highest BCUT2D eigenvalue weighted by atomic mass is 32.2. The maximum atomic E-state index is 12.9. The highest BCUT2D eigenvalue weighted by molar-refractivity contribution is 7.89. The first kappa shape index (κ1) is 15.4. The van der Waals surface area contributed by atoms with Crippen molar-refractivity contribution in [3.63, 3.8) is 0 Å². The minimum atomic E-state index is -3.63. The van der Waals surface area contributed by atoms with Crippen molar-refractivity contribution in [3.8, 4) is 0 Å². The maximum Gasteiger partial charge on any atom is 0.269 e. The van der Waals surface area contributed by atoms with Crippen molar-refractivity contribution in [1.29, 1.82) is 0 Å². The van der Waals surface area contributed by atoms with Gasteiger partial charge in [-0.2, -0.15) is 4.31 Å². The zero-order valence-corrected chi connectivity index (χ0v) is 12.9. The molecule has 2 aliphatic heterocycles. The lowest BCUT2D eigenvalue weighted by molar-refractivity contribution is -0.384. The van der Waals surface area contributed by atoms with Gasteiger partial charge in [-0.1, -0.05) is 6.42 Å². The highest BCUT2D eigenvalue weighted by Gasteiger charge is 2.44. The Bertz CT molecular complexity index is 660. The number of sulfonamides is 1. The predicted molar refractivity (Wildman–Crippen MR) is 80.8 cm³/mol. The molecule has 7 nitrogen and oxygen atoms in total. The first-order chi connectivity index (χ1) is 10.4. The number of rotatable bonds is 3. The van der Waals surface area contributed by atoms with Crippen molar-refractivity contribution in [2.45, 2.75) is 55.1 Å². The van der Waals surface area contributed by atoms with E-state index in [-0.39, 0.29) is 28.7 Å². The molecule has 0 saturated carbocycles. The zero-order valence-electron chi connectivity index (χ0n) is 12.1. The van der Waals surface area contributed by atoms with Gasteiger partial charge >= 0.3 is 0 Å². The molecule has 2 bridgehead atoms. The van der Waals surface area contributed by atoms with Crippen LogP contribution in [0.1, 0.15) is 32.1 Å². The molecule has 0 aromatic heterocycles. The van der Waals surface area contributed by atoms with E-state index in [0.29, 0.717) is 12.8 Å². The monoisotopic (exact) mass is 325 g/mol. The second-order valence-corrected chi connectivity index (χ2v) is 7.90. The molecular formula is C14H19N3O4S. The molecule has 3 rings (SSSR count). The lowest BCUT2D eigenvalue weighted by atomic mass is 9.84. The van der Waals surface area contributed by atoms with Gasteiger partial charge < -0.3 is 5.73 Å². The number of hydrogen-bond acceptors (Lipinski definition) is 5. The van der Waals surface area contributed by atoms with Gasteiger partial charge in [0.1, 0.15) is 0 Å². The SMILES string of the molecule is NC1CC2CCCC(C1)N2S(=O)(=O)c1ccc([N+](=O)[O-])cc1. The summed E-state index contributed by atoms with van der Waals surface area (Å²) in [5, 5.41) is 10.7. The summed E-state index contributed by atoms with van der Waals surface area (Å²) >= 11 is 0. The molecule has 0 spiro atoms. The van der Waals surface area contributed by atoms with Crippen molar-refractivity contribution in [1.82, 2.24) is 4.31 Å². The van der Waals surface area contributed by atoms with Crippen molar-refractivity contribution in [3.05, 3.63) is 34.4 Å². The van der Waals surface area contributed by atoms with Gasteiger partial charge in [0.05, 0.1) is 9.82 Å². The molecule has 2 atom stereocenters. The lowest BCUT2D eigenvalue weighted by Crippen LogP contribution is -2.57. The third-order valence-corrected chi connectivity index (χ3v) is 6.59. The molecule has 2 unspecified atom stereocenters. The standard InChI is InChI=1S/C14H19N3O4S/c15-10-8-12-2-1-3-13(9-10)16(12)22(20,21)14-6-4-11(5-7-14)17(18)19/h4-7,10,12-13H,1-3,8-9,15H2. The fourth-order valence-electron chi connectivity index (χ4n) is 3.63. The molecule has 120 valence electrons. The Balaban J connectivity index is 1.93. The van der Waals surface area contributed by atoms with Crippen LogP contribution in [0.5, 0.6) is 0 Å². The summed E-state index contributed by atoms with van der Waals surface area (Å²) in [6.45, 7) is 0. The van der Waals surface area contributed by atoms with Gasteiger partial charge in [-0.05, 0) is 37.8 Å². The second kappa shape index (κ2) is 5.60. The van der Waals surface area contributed by atoms with Crippen LogP contribution in [0.4, 0.5) is 5.69 Å². The summed E-state index contributed by atoms with van der Waals surface area (Å²) in [6.07, 6.45) is 4.05. The fourth-order valence-corrected chi connectivity index (χ4v) is 5.53. The molecule has 2 N–H and O–H groups in total. The molecule has 2 saturated heterocycles. The number of nitrogens with two attached hydrogens (primary N) is 1. The lowest BCUT2D eigenvalue weighted by Gasteiger charge is -2.46. The molecule has 0 amide bonds. The average Bonchev–Trinajstić information content (AvgIpc) is 2.46. The summed E-state index contributed by atoms with van der Waals surface area (Å²) in [7, 11) is -3.63. The molecule has 1 aromatic rings. The first-order valence-corrected chi connectivity index (χ1v) is 8.87. The highest BCUT2D eigenvalue weighted by Crippen LogP contribution is 2.37. The minimum absolute atomic E-state index is 0.0531. The molecule has 2 fully saturated rings. The van der Waals surface area contributed by atoms with Crippen LogP contribution in [0.3, 0.4) is 0 Å². The van der Waals surface area contributed by atoms with Gasteiger partial charge in [-0.15, -0.1) is 0 Å². The largest absolute Gasteiger partial charge is 0.328 e. The van der Waals surface area contributed by atoms with E-state index >= 15 is 0 Å². The second-order valence-electron chi connectivity index (χ2n) is 6.06. The van der Waals surface area contributed by atoms with E-state index in [1.165, 1.54) is 24.3 Å². The minimum Gasteiger partial charge on any atom is -0.328 e. The molecule has 8 heteroatoms. The maximum absolute atomic E-state index is 12.9. The zero-order chi connectivity index (χ0) is 15.9. The van der Waals surface area contributed by atoms with E-state index in [4.69, 9.17) is 5.73 Å². The molecule has 2 aliphatic rings. The Morgan fingerprint density at radius 3 is 2.18 bits per heavy atom. The number of benzene rings is 1. The smallest absolute Gasteiger partial charge is 0.269 e. The topological polar surface area (TPSA) is 107 Å². The molecule has 0 radical (unpaired) electrons. The van der Waals surface area contributed by atoms with Crippen molar-refractivity contribution in [2.75, 3.05) is 0 Å². The number of nitrogens with zero attached hydrogens (tertiary/aromatic N) is 2. The van der Waals surface area contributed by atoms with Crippen LogP contribution in [-0.4, -0.2) is 35.8 Å². The van der Waals surface area contributed by atoms with E-state index in [1.807, 2.05) is 0 Å². The molecule has 2 heterocycles. The van der Waals surface area contributed by atoms with Crippen LogP contribution < -0.4 is 5.73 Å². The number of nitro groups is 1. The van der Waals surface area contributed by atoms with Crippen molar-refractivity contribution >= 4 is 15.7 Å². The van der Waals surface area contributed by atoms with E-state index in [0.717, 1.165) is 19.3 Å². The van der Waals surface area contributed by atoms with E-state index in [2.05, 4.69) is 0 Å². The van der Waals surface area contributed by atoms with Gasteiger partial charge in [-0.3, -0.25) is 10.1 Å². The number of non-ortho nitro benzene ring substituents is 1. The fraction of sp³-hybridized carbons (Fsp3) is 0.571. The summed E-state index contributed by atoms with van der Waals surface area (Å²) in [5.41, 5.74) is 5.91. The summed E-state index contributed by atoms with van der Waals surface area (Å²) in [4.78, 5) is 10.3. The van der Waals surface area contributed by atoms with Gasteiger partial charge in [0.2, 0.25) is 10.0 Å². The Kier molecular flexibility index (Phi) is 3.92. The molecule has 22 heavy (non-hydrogen) atoms. The molecule has 0 aliphatic carbocycles. The van der Waals surface area contributed by atoms with Crippen molar-refractivity contribution in [2.24, 2.45) is 5.73 Å². The van der Waals surface area contributed by atoms with Crippen LogP contribution in [0.25, 0.3) is 0 Å². The normalized spacial score (nSPS) is 29.2. The molecule has 1 aromatic carbocycles. The van der Waals surface area contributed by atoms with Crippen LogP contribution in [0, 0.1) is 10.1 Å². The van der Waals surface area contributed by atoms with Crippen LogP contribution in [0.15, 0.2) is 29.2 Å². The van der Waals surface area contributed by atoms with Crippen LogP contribution >= 0.6 is 0 Å². The Labute approximate surface area is 129 Å². The van der Waals surface area contributed by atoms with E-state index in [1.54, 1.807) is 4.31 Å². The van der Waals surface area contributed by atoms with Gasteiger partial charge in [0.15, 0.2) is 0 Å². The summed E-state index contributed by atoms with van der Waals surface area (Å²) < 4.78 is 27.4. The van der Waals surface area contributed by atoms with E-state index in [9.17, 15) is 18.5 Å². The number of fused-ring (bicyclic) bond motifs is 2. The van der Waals surface area contributed by atoms with Gasteiger partial charge in [-0.25, -0.2) is 8.42 Å².